The molecule has 0 amide bonds. The molecule has 3 aromatic heterocycles. The summed E-state index contributed by atoms with van der Waals surface area (Å²) in [4.78, 5) is 26.6. The van der Waals surface area contributed by atoms with E-state index in [0.29, 0.717) is 24.5 Å². The number of anilines is 1. The van der Waals surface area contributed by atoms with Crippen LogP contribution in [0, 0.1) is 6.92 Å². The highest BCUT2D eigenvalue weighted by Gasteiger charge is 2.09. The number of hydrogen-bond acceptors (Lipinski definition) is 7. The van der Waals surface area contributed by atoms with Crippen LogP contribution < -0.4 is 10.9 Å². The summed E-state index contributed by atoms with van der Waals surface area (Å²) in [7, 11) is 0. The van der Waals surface area contributed by atoms with Gasteiger partial charge in [0.2, 0.25) is 5.95 Å². The number of hydrogen-bond donors (Lipinski definition) is 3. The van der Waals surface area contributed by atoms with E-state index in [1.54, 1.807) is 24.3 Å². The van der Waals surface area contributed by atoms with Crippen LogP contribution in [0.3, 0.4) is 0 Å². The maximum atomic E-state index is 12.2. The molecule has 0 bridgehead atoms. The van der Waals surface area contributed by atoms with Crippen molar-refractivity contribution in [2.24, 2.45) is 0 Å². The van der Waals surface area contributed by atoms with Gasteiger partial charge in [-0.25, -0.2) is 9.97 Å². The number of nitrogens with one attached hydrogen (secondary N) is 3. The molecule has 3 aromatic rings. The Morgan fingerprint density at radius 3 is 2.92 bits per heavy atom. The fraction of sp³-hybridized carbons (Fsp3) is 0.333. The molecule has 0 unspecified atom stereocenters. The van der Waals surface area contributed by atoms with Crippen molar-refractivity contribution >= 4 is 45.2 Å². The topological polar surface area (TPSA) is 99.3 Å². The second-order valence-corrected chi connectivity index (χ2v) is 7.91. The fourth-order valence-electron chi connectivity index (χ4n) is 2.13. The monoisotopic (exact) mass is 440 g/mol. The van der Waals surface area contributed by atoms with Gasteiger partial charge in [-0.05, 0) is 34.4 Å². The van der Waals surface area contributed by atoms with Gasteiger partial charge in [-0.1, -0.05) is 0 Å². The van der Waals surface area contributed by atoms with Crippen LogP contribution in [0.1, 0.15) is 22.6 Å². The molecule has 132 valence electrons. The third-order valence-corrected chi connectivity index (χ3v) is 6.16. The highest BCUT2D eigenvalue weighted by Crippen LogP contribution is 2.19. The quantitative estimate of drug-likeness (QED) is 0.465. The maximum absolute atomic E-state index is 12.2. The summed E-state index contributed by atoms with van der Waals surface area (Å²) in [6, 6.07) is 0. The lowest BCUT2D eigenvalue weighted by Crippen LogP contribution is -2.18. The predicted octanol–water partition coefficient (Wildman–Crippen LogP) is 2.96. The molecule has 0 fully saturated rings. The minimum Gasteiger partial charge on any atom is -0.355 e. The molecule has 7 nitrogen and oxygen atoms in total. The number of imidazole rings is 1. The zero-order chi connectivity index (χ0) is 17.6. The third kappa shape index (κ3) is 4.93. The van der Waals surface area contributed by atoms with E-state index in [2.05, 4.69) is 45.6 Å². The van der Waals surface area contributed by atoms with Gasteiger partial charge in [-0.3, -0.25) is 9.78 Å². The van der Waals surface area contributed by atoms with Crippen LogP contribution in [0.5, 0.6) is 0 Å². The average molecular weight is 441 g/mol. The predicted molar refractivity (Wildman–Crippen MR) is 105 cm³/mol. The summed E-state index contributed by atoms with van der Waals surface area (Å²) in [6.07, 6.45) is 3.78. The summed E-state index contributed by atoms with van der Waals surface area (Å²) in [5, 5.41) is 5.04. The standard InChI is InChI=1S/C15H17BrN6OS2/c1-9-13(20-8-19-9)7-24-3-2-17-15-18-5-10(14(23)21-15)4-12-11(16)6-25-22-12/h5-6,8H,2-4,7H2,1H3,(H,19,20)(H2,17,18,21,23). The van der Waals surface area contributed by atoms with Crippen LogP contribution in [-0.4, -0.2) is 36.6 Å². The van der Waals surface area contributed by atoms with Gasteiger partial charge >= 0.3 is 0 Å². The van der Waals surface area contributed by atoms with Crippen molar-refractivity contribution < 1.29 is 0 Å². The van der Waals surface area contributed by atoms with E-state index in [0.717, 1.165) is 33.1 Å². The van der Waals surface area contributed by atoms with Crippen LogP contribution in [0.25, 0.3) is 0 Å². The molecule has 0 saturated heterocycles. The molecule has 25 heavy (non-hydrogen) atoms. The first-order chi connectivity index (χ1) is 12.1. The Morgan fingerprint density at radius 1 is 1.36 bits per heavy atom. The van der Waals surface area contributed by atoms with E-state index < -0.39 is 0 Å². The number of nitrogens with zero attached hydrogens (tertiary/aromatic N) is 3. The highest BCUT2D eigenvalue weighted by molar-refractivity contribution is 9.10. The Labute approximate surface area is 161 Å². The van der Waals surface area contributed by atoms with Gasteiger partial charge in [0.1, 0.15) is 0 Å². The minimum absolute atomic E-state index is 0.141. The molecule has 3 heterocycles. The van der Waals surface area contributed by atoms with Crippen molar-refractivity contribution in [1.82, 2.24) is 24.3 Å². The van der Waals surface area contributed by atoms with Crippen molar-refractivity contribution in [2.45, 2.75) is 19.1 Å². The van der Waals surface area contributed by atoms with Crippen molar-refractivity contribution in [2.75, 3.05) is 17.6 Å². The Hall–Kier alpha value is -1.65. The van der Waals surface area contributed by atoms with Crippen molar-refractivity contribution in [3.05, 3.63) is 55.4 Å². The first-order valence-corrected chi connectivity index (χ1v) is 10.4. The van der Waals surface area contributed by atoms with Gasteiger partial charge in [-0.15, -0.1) is 0 Å². The molecule has 0 saturated carbocycles. The molecule has 0 aliphatic heterocycles. The smallest absolute Gasteiger partial charge is 0.255 e. The molecule has 10 heteroatoms. The molecular formula is C15H17BrN6OS2. The number of rotatable bonds is 8. The van der Waals surface area contributed by atoms with E-state index in [1.165, 1.54) is 11.5 Å². The highest BCUT2D eigenvalue weighted by atomic mass is 79.9. The van der Waals surface area contributed by atoms with Crippen LogP contribution in [0.2, 0.25) is 0 Å². The number of halogens is 1. The van der Waals surface area contributed by atoms with Gasteiger partial charge in [0.15, 0.2) is 0 Å². The van der Waals surface area contributed by atoms with Gasteiger partial charge in [-0.2, -0.15) is 16.1 Å². The summed E-state index contributed by atoms with van der Waals surface area (Å²) >= 11 is 6.56. The summed E-state index contributed by atoms with van der Waals surface area (Å²) in [5.41, 5.74) is 3.49. The molecule has 3 N–H and O–H groups in total. The number of aryl methyl sites for hydroxylation is 1. The second kappa shape index (κ2) is 8.63. The van der Waals surface area contributed by atoms with Gasteiger partial charge in [0, 0.05) is 47.3 Å². The van der Waals surface area contributed by atoms with E-state index in [1.807, 2.05) is 12.3 Å². The van der Waals surface area contributed by atoms with E-state index in [9.17, 15) is 4.79 Å². The first-order valence-electron chi connectivity index (χ1n) is 7.61. The van der Waals surface area contributed by atoms with Gasteiger partial charge in [0.25, 0.3) is 5.56 Å². The van der Waals surface area contributed by atoms with Crippen molar-refractivity contribution in [3.8, 4) is 0 Å². The molecule has 0 aliphatic carbocycles. The number of aromatic nitrogens is 5. The molecular weight excluding hydrogens is 424 g/mol. The largest absolute Gasteiger partial charge is 0.355 e. The normalized spacial score (nSPS) is 11.0. The third-order valence-electron chi connectivity index (χ3n) is 3.54. The summed E-state index contributed by atoms with van der Waals surface area (Å²) in [6.45, 7) is 2.73. The van der Waals surface area contributed by atoms with Crippen molar-refractivity contribution in [3.63, 3.8) is 0 Å². The number of aromatic amines is 2. The number of thioether (sulfide) groups is 1. The molecule has 0 aromatic carbocycles. The van der Waals surface area contributed by atoms with Crippen LogP contribution >= 0.6 is 39.2 Å². The lowest BCUT2D eigenvalue weighted by Gasteiger charge is -2.06. The SMILES string of the molecule is Cc1[nH]cnc1CSCCNc1ncc(Cc2nscc2Br)c(=O)[nH]1. The Kier molecular flexibility index (Phi) is 6.27. The molecule has 0 spiro atoms. The summed E-state index contributed by atoms with van der Waals surface area (Å²) < 4.78 is 5.18. The zero-order valence-corrected chi connectivity index (χ0v) is 16.7. The molecule has 0 aliphatic rings. The van der Waals surface area contributed by atoms with Gasteiger partial charge < -0.3 is 10.3 Å². The minimum atomic E-state index is -0.141. The lowest BCUT2D eigenvalue weighted by molar-refractivity contribution is 0.993. The lowest BCUT2D eigenvalue weighted by atomic mass is 10.2. The Bertz CT molecular complexity index is 890. The van der Waals surface area contributed by atoms with Crippen LogP contribution in [-0.2, 0) is 12.2 Å². The fourth-order valence-corrected chi connectivity index (χ4v) is 4.17. The number of H-pyrrole nitrogens is 2. The van der Waals surface area contributed by atoms with E-state index in [-0.39, 0.29) is 5.56 Å². The van der Waals surface area contributed by atoms with Crippen LogP contribution in [0.4, 0.5) is 5.95 Å². The molecule has 0 radical (unpaired) electrons. The maximum Gasteiger partial charge on any atom is 0.255 e. The molecule has 0 atom stereocenters. The second-order valence-electron chi connectivity index (χ2n) is 5.33. The van der Waals surface area contributed by atoms with E-state index in [4.69, 9.17) is 0 Å². The van der Waals surface area contributed by atoms with Crippen LogP contribution in [0.15, 0.2) is 27.2 Å². The first kappa shape index (κ1) is 18.2. The molecule has 3 rings (SSSR count). The van der Waals surface area contributed by atoms with Gasteiger partial charge in [0.05, 0.1) is 22.2 Å². The Morgan fingerprint density at radius 2 is 2.24 bits per heavy atom. The van der Waals surface area contributed by atoms with E-state index >= 15 is 0 Å². The zero-order valence-electron chi connectivity index (χ0n) is 13.5. The Balaban J connectivity index is 1.47. The van der Waals surface area contributed by atoms with Crippen molar-refractivity contribution in [1.29, 1.82) is 0 Å². The summed E-state index contributed by atoms with van der Waals surface area (Å²) in [5.74, 6) is 2.24. The average Bonchev–Trinajstić information content (AvgIpc) is 3.18.